The summed E-state index contributed by atoms with van der Waals surface area (Å²) in [6.45, 7) is 4.50. The lowest BCUT2D eigenvalue weighted by Gasteiger charge is -2.32. The van der Waals surface area contributed by atoms with Crippen LogP contribution in [0.3, 0.4) is 0 Å². The summed E-state index contributed by atoms with van der Waals surface area (Å²) < 4.78 is 5.05. The van der Waals surface area contributed by atoms with Gasteiger partial charge in [0, 0.05) is 24.5 Å². The molecule has 5 heteroatoms. The van der Waals surface area contributed by atoms with E-state index >= 15 is 0 Å². The molecule has 1 aromatic heterocycles. The molecule has 1 aromatic rings. The van der Waals surface area contributed by atoms with E-state index in [1.165, 1.54) is 0 Å². The molecule has 1 aliphatic heterocycles. The van der Waals surface area contributed by atoms with Crippen LogP contribution >= 0.6 is 0 Å². The van der Waals surface area contributed by atoms with Crippen molar-refractivity contribution in [2.75, 3.05) is 26.2 Å². The summed E-state index contributed by atoms with van der Waals surface area (Å²) in [4.78, 5) is 17.9. The minimum Gasteiger partial charge on any atom is -0.466 e. The monoisotopic (exact) mass is 278 g/mol. The molecule has 0 saturated carbocycles. The molecular weight excluding hydrogens is 256 g/mol. The van der Waals surface area contributed by atoms with E-state index in [1.807, 2.05) is 19.1 Å². The predicted molar refractivity (Wildman–Crippen MR) is 75.0 cm³/mol. The first-order chi connectivity index (χ1) is 9.70. The van der Waals surface area contributed by atoms with Crippen LogP contribution in [0.1, 0.15) is 31.4 Å². The number of piperidine rings is 1. The molecule has 1 unspecified atom stereocenters. The zero-order chi connectivity index (χ0) is 14.4. The van der Waals surface area contributed by atoms with Gasteiger partial charge in [-0.15, -0.1) is 0 Å². The number of rotatable bonds is 5. The molecule has 0 amide bonds. The van der Waals surface area contributed by atoms with E-state index in [2.05, 4.69) is 9.88 Å². The Morgan fingerprint density at radius 1 is 1.55 bits per heavy atom. The quantitative estimate of drug-likeness (QED) is 0.825. The van der Waals surface area contributed by atoms with E-state index in [-0.39, 0.29) is 11.9 Å². The van der Waals surface area contributed by atoms with E-state index in [4.69, 9.17) is 4.74 Å². The molecule has 0 radical (unpaired) electrons. The summed E-state index contributed by atoms with van der Waals surface area (Å²) in [6, 6.07) is 3.70. The number of hydrogen-bond donors (Lipinski definition) is 1. The highest BCUT2D eigenvalue weighted by Crippen LogP contribution is 2.21. The SMILES string of the molecule is CCOC(=O)C1CCN(CC(O)c2cccnc2)CC1. The molecule has 1 atom stereocenters. The van der Waals surface area contributed by atoms with Crippen LogP contribution in [0.4, 0.5) is 0 Å². The summed E-state index contributed by atoms with van der Waals surface area (Å²) >= 11 is 0. The van der Waals surface area contributed by atoms with Gasteiger partial charge in [0.15, 0.2) is 0 Å². The number of hydrogen-bond acceptors (Lipinski definition) is 5. The molecular formula is C15H22N2O3. The summed E-state index contributed by atoms with van der Waals surface area (Å²) in [5.41, 5.74) is 0.833. The van der Waals surface area contributed by atoms with Gasteiger partial charge in [-0.3, -0.25) is 9.78 Å². The Bertz CT molecular complexity index is 416. The Balaban J connectivity index is 1.78. The maximum absolute atomic E-state index is 11.7. The second kappa shape index (κ2) is 7.36. The number of nitrogens with zero attached hydrogens (tertiary/aromatic N) is 2. The van der Waals surface area contributed by atoms with Crippen LogP contribution in [0.2, 0.25) is 0 Å². The van der Waals surface area contributed by atoms with Gasteiger partial charge >= 0.3 is 5.97 Å². The van der Waals surface area contributed by atoms with Gasteiger partial charge in [0.2, 0.25) is 0 Å². The fourth-order valence-corrected chi connectivity index (χ4v) is 2.53. The maximum Gasteiger partial charge on any atom is 0.309 e. The van der Waals surface area contributed by atoms with Gasteiger partial charge in [0.1, 0.15) is 0 Å². The summed E-state index contributed by atoms with van der Waals surface area (Å²) in [5, 5.41) is 10.2. The molecule has 0 spiro atoms. The molecule has 1 fully saturated rings. The van der Waals surface area contributed by atoms with E-state index in [9.17, 15) is 9.90 Å². The lowest BCUT2D eigenvalue weighted by molar-refractivity contribution is -0.149. The standard InChI is InChI=1S/C15H22N2O3/c1-2-20-15(19)12-5-8-17(9-6-12)11-14(18)13-4-3-7-16-10-13/h3-4,7,10,12,14,18H,2,5-6,8-9,11H2,1H3. The van der Waals surface area contributed by atoms with E-state index in [0.29, 0.717) is 13.2 Å². The van der Waals surface area contributed by atoms with Crippen molar-refractivity contribution in [2.24, 2.45) is 5.92 Å². The number of ether oxygens (including phenoxy) is 1. The third kappa shape index (κ3) is 4.02. The number of carbonyl (C=O) groups excluding carboxylic acids is 1. The lowest BCUT2D eigenvalue weighted by Crippen LogP contribution is -2.39. The number of carbonyl (C=O) groups is 1. The molecule has 5 nitrogen and oxygen atoms in total. The average Bonchev–Trinajstić information content (AvgIpc) is 2.49. The Morgan fingerprint density at radius 2 is 2.30 bits per heavy atom. The number of pyridine rings is 1. The van der Waals surface area contributed by atoms with Crippen LogP contribution in [0.5, 0.6) is 0 Å². The highest BCUT2D eigenvalue weighted by atomic mass is 16.5. The normalized spacial score (nSPS) is 18.7. The van der Waals surface area contributed by atoms with E-state index in [1.54, 1.807) is 12.4 Å². The van der Waals surface area contributed by atoms with Crippen molar-refractivity contribution >= 4 is 5.97 Å². The second-order valence-electron chi connectivity index (χ2n) is 5.13. The smallest absolute Gasteiger partial charge is 0.309 e. The zero-order valence-electron chi connectivity index (χ0n) is 11.9. The van der Waals surface area contributed by atoms with Gasteiger partial charge in [-0.2, -0.15) is 0 Å². The Labute approximate surface area is 119 Å². The van der Waals surface area contributed by atoms with Gasteiger partial charge in [-0.1, -0.05) is 6.07 Å². The van der Waals surface area contributed by atoms with Crippen molar-refractivity contribution in [3.8, 4) is 0 Å². The molecule has 110 valence electrons. The van der Waals surface area contributed by atoms with Crippen molar-refractivity contribution in [1.82, 2.24) is 9.88 Å². The molecule has 2 heterocycles. The fourth-order valence-electron chi connectivity index (χ4n) is 2.53. The number of β-amino-alcohol motifs (C(OH)–C–C–N with tert-alkyl or cyclic N) is 1. The van der Waals surface area contributed by atoms with Crippen molar-refractivity contribution in [2.45, 2.75) is 25.9 Å². The van der Waals surface area contributed by atoms with Gasteiger partial charge < -0.3 is 14.7 Å². The fraction of sp³-hybridized carbons (Fsp3) is 0.600. The number of aliphatic hydroxyl groups excluding tert-OH is 1. The highest BCUT2D eigenvalue weighted by Gasteiger charge is 2.26. The van der Waals surface area contributed by atoms with Crippen LogP contribution in [0.15, 0.2) is 24.5 Å². The van der Waals surface area contributed by atoms with Gasteiger partial charge in [-0.05, 0) is 38.9 Å². The molecule has 0 bridgehead atoms. The minimum absolute atomic E-state index is 0.0155. The first-order valence-corrected chi connectivity index (χ1v) is 7.17. The summed E-state index contributed by atoms with van der Waals surface area (Å²) in [5.74, 6) is -0.0679. The molecule has 1 saturated heterocycles. The first kappa shape index (κ1) is 14.9. The molecule has 1 N–H and O–H groups in total. The number of esters is 1. The molecule has 0 aliphatic carbocycles. The highest BCUT2D eigenvalue weighted by molar-refractivity contribution is 5.72. The van der Waals surface area contributed by atoms with Crippen molar-refractivity contribution in [3.05, 3.63) is 30.1 Å². The molecule has 0 aromatic carbocycles. The zero-order valence-corrected chi connectivity index (χ0v) is 11.9. The van der Waals surface area contributed by atoms with Crippen LogP contribution in [-0.4, -0.2) is 47.2 Å². The molecule has 2 rings (SSSR count). The maximum atomic E-state index is 11.7. The largest absolute Gasteiger partial charge is 0.466 e. The second-order valence-corrected chi connectivity index (χ2v) is 5.13. The Morgan fingerprint density at radius 3 is 2.90 bits per heavy atom. The topological polar surface area (TPSA) is 62.7 Å². The van der Waals surface area contributed by atoms with E-state index in [0.717, 1.165) is 31.5 Å². The van der Waals surface area contributed by atoms with Crippen LogP contribution in [-0.2, 0) is 9.53 Å². The third-order valence-corrected chi connectivity index (χ3v) is 3.71. The van der Waals surface area contributed by atoms with Gasteiger partial charge in [0.25, 0.3) is 0 Å². The minimum atomic E-state index is -0.525. The van der Waals surface area contributed by atoms with Crippen LogP contribution in [0.25, 0.3) is 0 Å². The van der Waals surface area contributed by atoms with Crippen molar-refractivity contribution < 1.29 is 14.6 Å². The van der Waals surface area contributed by atoms with Gasteiger partial charge in [-0.25, -0.2) is 0 Å². The van der Waals surface area contributed by atoms with Crippen molar-refractivity contribution in [3.63, 3.8) is 0 Å². The Hall–Kier alpha value is -1.46. The van der Waals surface area contributed by atoms with Crippen molar-refractivity contribution in [1.29, 1.82) is 0 Å². The Kier molecular flexibility index (Phi) is 5.49. The number of likely N-dealkylation sites (tertiary alicyclic amines) is 1. The van der Waals surface area contributed by atoms with Gasteiger partial charge in [0.05, 0.1) is 18.6 Å². The summed E-state index contributed by atoms with van der Waals surface area (Å²) in [6.07, 6.45) is 4.47. The number of aliphatic hydroxyl groups is 1. The lowest BCUT2D eigenvalue weighted by atomic mass is 9.96. The summed E-state index contributed by atoms with van der Waals surface area (Å²) in [7, 11) is 0. The van der Waals surface area contributed by atoms with E-state index < -0.39 is 6.10 Å². The molecule has 1 aliphatic rings. The van der Waals surface area contributed by atoms with Crippen LogP contribution < -0.4 is 0 Å². The third-order valence-electron chi connectivity index (χ3n) is 3.71. The van der Waals surface area contributed by atoms with Crippen LogP contribution in [0, 0.1) is 5.92 Å². The molecule has 20 heavy (non-hydrogen) atoms. The predicted octanol–water partition coefficient (Wildman–Crippen LogP) is 1.39. The number of aromatic nitrogens is 1. The first-order valence-electron chi connectivity index (χ1n) is 7.17. The average molecular weight is 278 g/mol.